The number of primary amides is 1. The molecule has 0 bridgehead atoms. The first-order chi connectivity index (χ1) is 7.09. The van der Waals surface area contributed by atoms with Crippen molar-refractivity contribution in [1.29, 1.82) is 0 Å². The molecule has 0 aliphatic carbocycles. The molecule has 1 aromatic rings. The summed E-state index contributed by atoms with van der Waals surface area (Å²) in [7, 11) is 0. The summed E-state index contributed by atoms with van der Waals surface area (Å²) < 4.78 is 4.75. The summed E-state index contributed by atoms with van der Waals surface area (Å²) >= 11 is 1.33. The van der Waals surface area contributed by atoms with Gasteiger partial charge >= 0.3 is 5.97 Å². The molecular formula is C10H11NO3S. The Hall–Kier alpha value is -1.49. The van der Waals surface area contributed by atoms with Crippen LogP contribution in [0.4, 0.5) is 0 Å². The van der Waals surface area contributed by atoms with Gasteiger partial charge in [-0.15, -0.1) is 0 Å². The summed E-state index contributed by atoms with van der Waals surface area (Å²) in [5.41, 5.74) is 5.57. The van der Waals surface area contributed by atoms with Gasteiger partial charge in [0.1, 0.15) is 5.94 Å². The number of carbonyl (C=O) groups is 2. The molecule has 0 unspecified atom stereocenters. The van der Waals surface area contributed by atoms with Crippen molar-refractivity contribution in [3.8, 4) is 0 Å². The van der Waals surface area contributed by atoms with Crippen LogP contribution in [0.3, 0.4) is 0 Å². The van der Waals surface area contributed by atoms with Crippen molar-refractivity contribution in [2.24, 2.45) is 5.73 Å². The summed E-state index contributed by atoms with van der Waals surface area (Å²) in [6, 6.07) is 6.85. The molecule has 1 rings (SSSR count). The number of hydrogen-bond acceptors (Lipinski definition) is 4. The van der Waals surface area contributed by atoms with E-state index in [9.17, 15) is 9.59 Å². The highest BCUT2D eigenvalue weighted by Gasteiger charge is 2.02. The van der Waals surface area contributed by atoms with Crippen LogP contribution < -0.4 is 5.73 Å². The third kappa shape index (κ3) is 4.03. The maximum Gasteiger partial charge on any atom is 0.303 e. The molecule has 0 radical (unpaired) electrons. The maximum absolute atomic E-state index is 10.9. The number of amides is 1. The smallest absolute Gasteiger partial charge is 0.303 e. The van der Waals surface area contributed by atoms with Gasteiger partial charge in [0, 0.05) is 17.4 Å². The lowest BCUT2D eigenvalue weighted by molar-refractivity contribution is -0.138. The lowest BCUT2D eigenvalue weighted by atomic mass is 10.2. The number of thioether (sulfide) groups is 1. The first kappa shape index (κ1) is 11.6. The van der Waals surface area contributed by atoms with Gasteiger partial charge in [0.05, 0.1) is 0 Å². The first-order valence-electron chi connectivity index (χ1n) is 4.25. The van der Waals surface area contributed by atoms with Crippen LogP contribution in [0.25, 0.3) is 0 Å². The molecule has 0 aliphatic rings. The lowest BCUT2D eigenvalue weighted by Gasteiger charge is -2.03. The topological polar surface area (TPSA) is 69.4 Å². The molecule has 0 spiro atoms. The molecule has 0 aliphatic heterocycles. The normalized spacial score (nSPS) is 9.67. The van der Waals surface area contributed by atoms with Crippen molar-refractivity contribution in [2.75, 3.05) is 5.94 Å². The van der Waals surface area contributed by atoms with Gasteiger partial charge in [-0.2, -0.15) is 0 Å². The highest BCUT2D eigenvalue weighted by molar-refractivity contribution is 7.99. The summed E-state index contributed by atoms with van der Waals surface area (Å²) in [5.74, 6) is -0.559. The van der Waals surface area contributed by atoms with E-state index < -0.39 is 5.91 Å². The summed E-state index contributed by atoms with van der Waals surface area (Å²) in [4.78, 5) is 22.2. The molecule has 80 valence electrons. The van der Waals surface area contributed by atoms with E-state index in [1.54, 1.807) is 18.2 Å². The van der Waals surface area contributed by atoms with Gasteiger partial charge in [0.15, 0.2) is 0 Å². The van der Waals surface area contributed by atoms with E-state index in [4.69, 9.17) is 10.5 Å². The van der Waals surface area contributed by atoms with E-state index >= 15 is 0 Å². The molecule has 0 fully saturated rings. The standard InChI is InChI=1S/C10H11NO3S/c1-7(12)14-6-15-9-4-2-3-8(5-9)10(11)13/h2-5H,6H2,1H3,(H2,11,13). The van der Waals surface area contributed by atoms with Gasteiger partial charge in [-0.25, -0.2) is 0 Å². The molecular weight excluding hydrogens is 214 g/mol. The third-order valence-corrected chi connectivity index (χ3v) is 2.43. The number of hydrogen-bond donors (Lipinski definition) is 1. The Balaban J connectivity index is 2.58. The minimum Gasteiger partial charge on any atom is -0.454 e. The molecule has 0 saturated carbocycles. The Morgan fingerprint density at radius 2 is 2.20 bits per heavy atom. The Bertz CT molecular complexity index is 379. The van der Waals surface area contributed by atoms with Crippen LogP contribution >= 0.6 is 11.8 Å². The van der Waals surface area contributed by atoms with Gasteiger partial charge in [0.25, 0.3) is 0 Å². The average Bonchev–Trinajstić information content (AvgIpc) is 2.17. The zero-order valence-electron chi connectivity index (χ0n) is 8.23. The van der Waals surface area contributed by atoms with Crippen LogP contribution in [-0.4, -0.2) is 17.8 Å². The monoisotopic (exact) mass is 225 g/mol. The van der Waals surface area contributed by atoms with E-state index in [1.165, 1.54) is 18.7 Å². The zero-order chi connectivity index (χ0) is 11.3. The van der Waals surface area contributed by atoms with Crippen molar-refractivity contribution in [3.63, 3.8) is 0 Å². The largest absolute Gasteiger partial charge is 0.454 e. The van der Waals surface area contributed by atoms with Crippen LogP contribution in [0, 0.1) is 0 Å². The lowest BCUT2D eigenvalue weighted by Crippen LogP contribution is -2.10. The number of rotatable bonds is 4. The van der Waals surface area contributed by atoms with Crippen molar-refractivity contribution in [1.82, 2.24) is 0 Å². The minimum absolute atomic E-state index is 0.234. The number of ether oxygens (including phenoxy) is 1. The highest BCUT2D eigenvalue weighted by Crippen LogP contribution is 2.18. The van der Waals surface area contributed by atoms with Crippen LogP contribution in [0.15, 0.2) is 29.2 Å². The Labute approximate surface area is 91.8 Å². The molecule has 0 atom stereocenters. The fourth-order valence-corrected chi connectivity index (χ4v) is 1.67. The molecule has 4 nitrogen and oxygen atoms in total. The molecule has 1 amide bonds. The SMILES string of the molecule is CC(=O)OCSc1cccc(C(N)=O)c1. The van der Waals surface area contributed by atoms with Gasteiger partial charge in [0.2, 0.25) is 5.91 Å². The maximum atomic E-state index is 10.9. The van der Waals surface area contributed by atoms with Crippen molar-refractivity contribution in [2.45, 2.75) is 11.8 Å². The number of nitrogens with two attached hydrogens (primary N) is 1. The molecule has 15 heavy (non-hydrogen) atoms. The summed E-state index contributed by atoms with van der Waals surface area (Å²) in [5, 5.41) is 0. The van der Waals surface area contributed by atoms with E-state index in [0.717, 1.165) is 4.90 Å². The van der Waals surface area contributed by atoms with E-state index in [1.807, 2.05) is 6.07 Å². The highest BCUT2D eigenvalue weighted by atomic mass is 32.2. The summed E-state index contributed by atoms with van der Waals surface area (Å²) in [6.45, 7) is 1.35. The Morgan fingerprint density at radius 1 is 1.47 bits per heavy atom. The van der Waals surface area contributed by atoms with Crippen LogP contribution in [0.2, 0.25) is 0 Å². The second-order valence-corrected chi connectivity index (χ2v) is 3.79. The van der Waals surface area contributed by atoms with Crippen LogP contribution in [-0.2, 0) is 9.53 Å². The van der Waals surface area contributed by atoms with Gasteiger partial charge in [-0.1, -0.05) is 17.8 Å². The van der Waals surface area contributed by atoms with Crippen LogP contribution in [0.1, 0.15) is 17.3 Å². The van der Waals surface area contributed by atoms with Crippen LogP contribution in [0.5, 0.6) is 0 Å². The Kier molecular flexibility index (Phi) is 4.17. The first-order valence-corrected chi connectivity index (χ1v) is 5.24. The summed E-state index contributed by atoms with van der Waals surface area (Å²) in [6.07, 6.45) is 0. The number of carbonyl (C=O) groups excluding carboxylic acids is 2. The molecule has 1 aromatic carbocycles. The Morgan fingerprint density at radius 3 is 2.80 bits per heavy atom. The predicted octanol–water partition coefficient (Wildman–Crippen LogP) is 1.40. The zero-order valence-corrected chi connectivity index (χ0v) is 9.04. The van der Waals surface area contributed by atoms with E-state index in [-0.39, 0.29) is 11.9 Å². The fraction of sp³-hybridized carbons (Fsp3) is 0.200. The number of esters is 1. The number of benzene rings is 1. The van der Waals surface area contributed by atoms with Crippen molar-refractivity contribution < 1.29 is 14.3 Å². The quantitative estimate of drug-likeness (QED) is 0.477. The van der Waals surface area contributed by atoms with Crippen molar-refractivity contribution in [3.05, 3.63) is 29.8 Å². The minimum atomic E-state index is -0.468. The molecule has 5 heteroatoms. The third-order valence-electron chi connectivity index (χ3n) is 1.61. The van der Waals surface area contributed by atoms with E-state index in [0.29, 0.717) is 5.56 Å². The molecule has 0 aromatic heterocycles. The second-order valence-electron chi connectivity index (χ2n) is 2.79. The average molecular weight is 225 g/mol. The second kappa shape index (κ2) is 5.41. The van der Waals surface area contributed by atoms with Gasteiger partial charge in [-0.3, -0.25) is 9.59 Å². The molecule has 0 saturated heterocycles. The van der Waals surface area contributed by atoms with E-state index in [2.05, 4.69) is 0 Å². The van der Waals surface area contributed by atoms with Gasteiger partial charge < -0.3 is 10.5 Å². The fourth-order valence-electron chi connectivity index (χ4n) is 0.920. The van der Waals surface area contributed by atoms with Gasteiger partial charge in [-0.05, 0) is 18.2 Å². The molecule has 0 heterocycles. The predicted molar refractivity (Wildman–Crippen MR) is 57.4 cm³/mol. The van der Waals surface area contributed by atoms with Crippen molar-refractivity contribution >= 4 is 23.6 Å². The molecule has 2 N–H and O–H groups in total.